The van der Waals surface area contributed by atoms with Gasteiger partial charge in [-0.3, -0.25) is 4.79 Å². The normalized spacial score (nSPS) is 25.8. The van der Waals surface area contributed by atoms with Crippen LogP contribution < -0.4 is 11.1 Å². The van der Waals surface area contributed by atoms with Crippen molar-refractivity contribution >= 4 is 17.7 Å². The Bertz CT molecular complexity index is 197. The Labute approximate surface area is 101 Å². The van der Waals surface area contributed by atoms with Gasteiger partial charge in [-0.15, -0.1) is 0 Å². The number of aliphatic hydroxyl groups excluding tert-OH is 1. The number of thioether (sulfide) groups is 1. The molecule has 1 rings (SSSR count). The highest BCUT2D eigenvalue weighted by molar-refractivity contribution is 7.98. The maximum atomic E-state index is 10.1. The smallest absolute Gasteiger partial charge is 0.320 e. The maximum absolute atomic E-state index is 10.1. The molecule has 0 aliphatic carbocycles. The van der Waals surface area contributed by atoms with E-state index in [0.717, 1.165) is 18.7 Å². The molecule has 96 valence electrons. The third kappa shape index (κ3) is 7.92. The molecule has 16 heavy (non-hydrogen) atoms. The number of nitrogens with one attached hydrogen (secondary N) is 1. The fourth-order valence-electron chi connectivity index (χ4n) is 1.28. The van der Waals surface area contributed by atoms with Crippen LogP contribution in [0.2, 0.25) is 0 Å². The number of carboxylic acids is 1. The van der Waals surface area contributed by atoms with E-state index in [1.807, 2.05) is 6.26 Å². The van der Waals surface area contributed by atoms with Crippen LogP contribution in [0.1, 0.15) is 19.8 Å². The van der Waals surface area contributed by atoms with Crippen molar-refractivity contribution in [1.29, 1.82) is 0 Å². The molecule has 0 aromatic rings. The van der Waals surface area contributed by atoms with Crippen LogP contribution >= 0.6 is 11.8 Å². The van der Waals surface area contributed by atoms with Gasteiger partial charge in [-0.1, -0.05) is 0 Å². The molecular weight excluding hydrogens is 228 g/mol. The van der Waals surface area contributed by atoms with Crippen molar-refractivity contribution in [1.82, 2.24) is 5.32 Å². The largest absolute Gasteiger partial charge is 0.480 e. The summed E-state index contributed by atoms with van der Waals surface area (Å²) in [6.07, 6.45) is 3.31. The van der Waals surface area contributed by atoms with E-state index >= 15 is 0 Å². The van der Waals surface area contributed by atoms with E-state index in [9.17, 15) is 4.79 Å². The minimum atomic E-state index is -0.913. The Morgan fingerprint density at radius 3 is 2.56 bits per heavy atom. The van der Waals surface area contributed by atoms with Crippen LogP contribution in [0, 0.1) is 0 Å². The van der Waals surface area contributed by atoms with Gasteiger partial charge in [-0.25, -0.2) is 0 Å². The molecule has 1 saturated heterocycles. The molecule has 1 aliphatic rings. The van der Waals surface area contributed by atoms with Crippen molar-refractivity contribution in [3.8, 4) is 0 Å². The number of carboxylic acid groups (broad SMARTS) is 1. The number of rotatable bonds is 4. The fraction of sp³-hybridized carbons (Fsp3) is 0.900. The topological polar surface area (TPSA) is 95.6 Å². The highest BCUT2D eigenvalue weighted by atomic mass is 32.2. The van der Waals surface area contributed by atoms with E-state index in [0.29, 0.717) is 12.5 Å². The molecule has 0 spiro atoms. The van der Waals surface area contributed by atoms with Crippen molar-refractivity contribution in [3.05, 3.63) is 0 Å². The monoisotopic (exact) mass is 250 g/mol. The summed E-state index contributed by atoms with van der Waals surface area (Å²) in [6, 6.07) is -0.160. The number of hydrogen-bond acceptors (Lipinski definition) is 5. The van der Waals surface area contributed by atoms with Gasteiger partial charge in [0.2, 0.25) is 0 Å². The van der Waals surface area contributed by atoms with E-state index in [4.69, 9.17) is 15.9 Å². The first-order chi connectivity index (χ1) is 7.47. The first-order valence-electron chi connectivity index (χ1n) is 5.36. The summed E-state index contributed by atoms with van der Waals surface area (Å²) in [6.45, 7) is 2.86. The van der Waals surface area contributed by atoms with Crippen LogP contribution in [0.25, 0.3) is 0 Å². The van der Waals surface area contributed by atoms with Crippen LogP contribution in [-0.2, 0) is 4.79 Å². The van der Waals surface area contributed by atoms with Gasteiger partial charge in [0.05, 0.1) is 6.10 Å². The summed E-state index contributed by atoms with van der Waals surface area (Å²) >= 11 is 1.60. The van der Waals surface area contributed by atoms with Gasteiger partial charge in [-0.2, -0.15) is 11.8 Å². The third-order valence-electron chi connectivity index (χ3n) is 2.28. The molecule has 0 aromatic carbocycles. The second-order valence-corrected chi connectivity index (χ2v) is 4.91. The molecule has 0 bridgehead atoms. The number of nitrogens with two attached hydrogens (primary N) is 1. The summed E-state index contributed by atoms with van der Waals surface area (Å²) in [4.78, 5) is 10.1. The van der Waals surface area contributed by atoms with Gasteiger partial charge in [0, 0.05) is 12.6 Å². The Kier molecular flexibility index (Phi) is 8.64. The lowest BCUT2D eigenvalue weighted by atomic mass is 10.2. The average Bonchev–Trinajstić information content (AvgIpc) is 2.59. The maximum Gasteiger partial charge on any atom is 0.320 e. The number of aliphatic carboxylic acids is 1. The molecule has 1 aliphatic heterocycles. The van der Waals surface area contributed by atoms with Crippen molar-refractivity contribution < 1.29 is 15.0 Å². The van der Waals surface area contributed by atoms with Gasteiger partial charge in [0.1, 0.15) is 6.04 Å². The molecule has 1 fully saturated rings. The summed E-state index contributed by atoms with van der Waals surface area (Å²) in [5.74, 6) is -0.1000. The minimum Gasteiger partial charge on any atom is -0.480 e. The molecule has 6 heteroatoms. The van der Waals surface area contributed by atoms with Gasteiger partial charge in [-0.05, 0) is 31.8 Å². The first kappa shape index (κ1) is 15.7. The van der Waals surface area contributed by atoms with Crippen molar-refractivity contribution in [2.75, 3.05) is 18.6 Å². The van der Waals surface area contributed by atoms with Crippen LogP contribution in [0.3, 0.4) is 0 Å². The predicted molar refractivity (Wildman–Crippen MR) is 66.7 cm³/mol. The van der Waals surface area contributed by atoms with Crippen LogP contribution in [0.5, 0.6) is 0 Å². The number of aliphatic hydroxyl groups is 1. The predicted octanol–water partition coefficient (Wildman–Crippen LogP) is -0.119. The zero-order valence-corrected chi connectivity index (χ0v) is 10.7. The molecule has 3 unspecified atom stereocenters. The highest BCUT2D eigenvalue weighted by Crippen LogP contribution is 2.03. The Balaban J connectivity index is 0.000000288. The van der Waals surface area contributed by atoms with Crippen molar-refractivity contribution in [2.45, 2.75) is 38.0 Å². The Hall–Kier alpha value is -0.300. The second-order valence-electron chi connectivity index (χ2n) is 3.93. The summed E-state index contributed by atoms with van der Waals surface area (Å²) < 4.78 is 0. The number of hydrogen-bond donors (Lipinski definition) is 4. The number of β-amino-alcohol motifs (C(OH)–C–C–N with tert-alkyl or cyclic N) is 1. The lowest BCUT2D eigenvalue weighted by Crippen LogP contribution is -2.30. The molecule has 3 atom stereocenters. The van der Waals surface area contributed by atoms with Gasteiger partial charge < -0.3 is 21.3 Å². The molecule has 0 aromatic heterocycles. The lowest BCUT2D eigenvalue weighted by Gasteiger charge is -2.02. The summed E-state index contributed by atoms with van der Waals surface area (Å²) in [5.41, 5.74) is 5.19. The van der Waals surface area contributed by atoms with Gasteiger partial charge in [0.15, 0.2) is 0 Å². The molecule has 0 saturated carbocycles. The highest BCUT2D eigenvalue weighted by Gasteiger charge is 2.16. The van der Waals surface area contributed by atoms with Crippen molar-refractivity contribution in [2.24, 2.45) is 5.73 Å². The zero-order valence-electron chi connectivity index (χ0n) is 9.85. The summed E-state index contributed by atoms with van der Waals surface area (Å²) in [7, 11) is 0. The van der Waals surface area contributed by atoms with Crippen LogP contribution in [0.4, 0.5) is 0 Å². The van der Waals surface area contributed by atoms with Gasteiger partial charge in [0.25, 0.3) is 0 Å². The second kappa shape index (κ2) is 8.81. The number of carbonyl (C=O) groups is 1. The third-order valence-corrected chi connectivity index (χ3v) is 2.92. The summed E-state index contributed by atoms with van der Waals surface area (Å²) in [5, 5.41) is 20.2. The fourth-order valence-corrected chi connectivity index (χ4v) is 1.77. The molecule has 0 radical (unpaired) electrons. The minimum absolute atomic E-state index is 0.0880. The van der Waals surface area contributed by atoms with E-state index in [-0.39, 0.29) is 6.10 Å². The van der Waals surface area contributed by atoms with E-state index in [1.54, 1.807) is 11.8 Å². The lowest BCUT2D eigenvalue weighted by molar-refractivity contribution is -0.138. The first-order valence-corrected chi connectivity index (χ1v) is 6.75. The zero-order chi connectivity index (χ0) is 12.6. The van der Waals surface area contributed by atoms with Gasteiger partial charge >= 0.3 is 5.97 Å². The molecule has 5 nitrogen and oxygen atoms in total. The van der Waals surface area contributed by atoms with E-state index < -0.39 is 12.0 Å². The van der Waals surface area contributed by atoms with Crippen LogP contribution in [-0.4, -0.2) is 52.9 Å². The molecular formula is C10H22N2O3S. The molecule has 1 heterocycles. The Morgan fingerprint density at radius 1 is 1.69 bits per heavy atom. The van der Waals surface area contributed by atoms with Crippen molar-refractivity contribution in [3.63, 3.8) is 0 Å². The van der Waals surface area contributed by atoms with E-state index in [1.165, 1.54) is 0 Å². The van der Waals surface area contributed by atoms with Crippen LogP contribution in [0.15, 0.2) is 0 Å². The molecule has 5 N–H and O–H groups in total. The average molecular weight is 250 g/mol. The van der Waals surface area contributed by atoms with E-state index in [2.05, 4.69) is 12.2 Å². The molecule has 0 amide bonds. The standard InChI is InChI=1S/C5H11NO2S.C5H11NO/c1-9-3-2-4(6)5(7)8;1-4-2-5(7)3-6-4/h4H,2-3,6H2,1H3,(H,7,8);4-7H,2-3H2,1H3. The quantitative estimate of drug-likeness (QED) is 0.555. The SMILES string of the molecule is CC1CC(O)CN1.CSCCC(N)C(=O)O. The Morgan fingerprint density at radius 2 is 2.31 bits per heavy atom.